The number of rotatable bonds is 7. The third-order valence-corrected chi connectivity index (χ3v) is 6.26. The summed E-state index contributed by atoms with van der Waals surface area (Å²) in [6, 6.07) is 9.62. The van der Waals surface area contributed by atoms with Crippen molar-refractivity contribution in [1.82, 2.24) is 19.3 Å². The predicted molar refractivity (Wildman–Crippen MR) is 126 cm³/mol. The van der Waals surface area contributed by atoms with E-state index in [-0.39, 0.29) is 17.4 Å². The minimum absolute atomic E-state index is 0.102. The van der Waals surface area contributed by atoms with E-state index in [0.717, 1.165) is 16.1 Å². The van der Waals surface area contributed by atoms with E-state index in [1.165, 1.54) is 17.4 Å². The number of nitrogens with zero attached hydrogens (tertiary/aromatic N) is 4. The van der Waals surface area contributed by atoms with Crippen LogP contribution in [0.25, 0.3) is 5.69 Å². The number of benzene rings is 1. The maximum Gasteiger partial charge on any atom is 0.291 e. The number of hydrogen-bond donors (Lipinski definition) is 2. The fraction of sp³-hybridized carbons (Fsp3) is 0.190. The SMILES string of the molecule is COc1cc(Nc2cc(Cl)nn([C@@H](CO)c3ccc(Cl)s3)c2=O)ccc1-n1cnc(C)c1. The molecule has 1 aromatic carbocycles. The van der Waals surface area contributed by atoms with Crippen LogP contribution in [0.15, 0.2) is 53.7 Å². The van der Waals surface area contributed by atoms with Gasteiger partial charge in [-0.25, -0.2) is 9.67 Å². The summed E-state index contributed by atoms with van der Waals surface area (Å²) in [7, 11) is 1.57. The van der Waals surface area contributed by atoms with Gasteiger partial charge in [-0.3, -0.25) is 4.79 Å². The lowest BCUT2D eigenvalue weighted by Crippen LogP contribution is -2.31. The maximum absolute atomic E-state index is 13.1. The quantitative estimate of drug-likeness (QED) is 0.396. The Hall–Kier alpha value is -2.85. The highest BCUT2D eigenvalue weighted by Gasteiger charge is 2.20. The van der Waals surface area contributed by atoms with E-state index >= 15 is 0 Å². The number of methoxy groups -OCH3 is 1. The summed E-state index contributed by atoms with van der Waals surface area (Å²) in [5.74, 6) is 0.592. The standard InChI is InChI=1S/C21H19Cl2N5O3S/c1-12-9-27(11-24-12)15-4-3-13(7-17(15)31-2)25-14-8-19(22)26-28(21(14)30)16(10-29)18-5-6-20(23)32-18/h3-9,11,16,25,29H,10H2,1-2H3/t16-/m0/s1. The number of anilines is 2. The monoisotopic (exact) mass is 491 g/mol. The molecule has 4 rings (SSSR count). The van der Waals surface area contributed by atoms with Gasteiger partial charge in [-0.1, -0.05) is 23.2 Å². The number of aromatic nitrogens is 4. The van der Waals surface area contributed by atoms with Crippen LogP contribution >= 0.6 is 34.5 Å². The van der Waals surface area contributed by atoms with E-state index in [0.29, 0.717) is 20.7 Å². The average molecular weight is 492 g/mol. The third kappa shape index (κ3) is 4.51. The molecule has 8 nitrogen and oxygen atoms in total. The smallest absolute Gasteiger partial charge is 0.291 e. The van der Waals surface area contributed by atoms with Crippen LogP contribution in [0.4, 0.5) is 11.4 Å². The molecule has 0 unspecified atom stereocenters. The van der Waals surface area contributed by atoms with Gasteiger partial charge in [0.05, 0.1) is 35.8 Å². The van der Waals surface area contributed by atoms with Crippen molar-refractivity contribution in [2.75, 3.05) is 19.0 Å². The number of aliphatic hydroxyl groups excluding tert-OH is 1. The molecule has 0 aliphatic heterocycles. The molecule has 3 heterocycles. The largest absolute Gasteiger partial charge is 0.494 e. The van der Waals surface area contributed by atoms with Crippen molar-refractivity contribution in [2.45, 2.75) is 13.0 Å². The first-order chi connectivity index (χ1) is 15.4. The first-order valence-corrected chi connectivity index (χ1v) is 11.1. The van der Waals surface area contributed by atoms with Gasteiger partial charge in [0.2, 0.25) is 0 Å². The Morgan fingerprint density at radius 3 is 2.69 bits per heavy atom. The van der Waals surface area contributed by atoms with Crippen molar-refractivity contribution >= 4 is 45.9 Å². The molecule has 0 radical (unpaired) electrons. The number of hydrogen-bond acceptors (Lipinski definition) is 7. The van der Waals surface area contributed by atoms with Crippen LogP contribution in [0.1, 0.15) is 16.6 Å². The molecule has 1 atom stereocenters. The summed E-state index contributed by atoms with van der Waals surface area (Å²) in [6.45, 7) is 1.57. The van der Waals surface area contributed by atoms with E-state index in [4.69, 9.17) is 27.9 Å². The van der Waals surface area contributed by atoms with Crippen molar-refractivity contribution in [1.29, 1.82) is 0 Å². The highest BCUT2D eigenvalue weighted by atomic mass is 35.5. The van der Waals surface area contributed by atoms with Gasteiger partial charge < -0.3 is 19.7 Å². The number of imidazole rings is 1. The molecule has 166 valence electrons. The predicted octanol–water partition coefficient (Wildman–Crippen LogP) is 4.44. The van der Waals surface area contributed by atoms with Gasteiger partial charge in [0.15, 0.2) is 5.15 Å². The molecule has 2 N–H and O–H groups in total. The maximum atomic E-state index is 13.1. The van der Waals surface area contributed by atoms with Gasteiger partial charge in [0.1, 0.15) is 17.5 Å². The second-order valence-electron chi connectivity index (χ2n) is 6.90. The van der Waals surface area contributed by atoms with Crippen molar-refractivity contribution in [3.05, 3.63) is 79.3 Å². The summed E-state index contributed by atoms with van der Waals surface area (Å²) in [5, 5.41) is 17.2. The van der Waals surface area contributed by atoms with Crippen molar-refractivity contribution in [3.63, 3.8) is 0 Å². The second-order valence-corrected chi connectivity index (χ2v) is 9.04. The first kappa shape index (κ1) is 22.3. The number of ether oxygens (including phenoxy) is 1. The molecule has 4 aromatic rings. The fourth-order valence-corrected chi connectivity index (χ4v) is 4.58. The molecular weight excluding hydrogens is 473 g/mol. The highest BCUT2D eigenvalue weighted by Crippen LogP contribution is 2.30. The lowest BCUT2D eigenvalue weighted by Gasteiger charge is -2.17. The number of aliphatic hydroxyl groups is 1. The Bertz CT molecular complexity index is 1320. The van der Waals surface area contributed by atoms with E-state index in [2.05, 4.69) is 15.4 Å². The van der Waals surface area contributed by atoms with E-state index < -0.39 is 11.6 Å². The Morgan fingerprint density at radius 1 is 1.25 bits per heavy atom. The highest BCUT2D eigenvalue weighted by molar-refractivity contribution is 7.16. The third-order valence-electron chi connectivity index (χ3n) is 4.74. The number of nitrogens with one attached hydrogen (secondary N) is 1. The summed E-state index contributed by atoms with van der Waals surface area (Å²) < 4.78 is 9.09. The Kier molecular flexibility index (Phi) is 6.52. The lowest BCUT2D eigenvalue weighted by molar-refractivity contribution is 0.239. The van der Waals surface area contributed by atoms with Gasteiger partial charge in [-0.2, -0.15) is 5.10 Å². The summed E-state index contributed by atoms with van der Waals surface area (Å²) in [6.07, 6.45) is 3.59. The zero-order valence-corrected chi connectivity index (χ0v) is 19.4. The van der Waals surface area contributed by atoms with Crippen LogP contribution in [-0.2, 0) is 0 Å². The molecule has 0 aliphatic carbocycles. The molecule has 0 saturated carbocycles. The van der Waals surface area contributed by atoms with E-state index in [1.54, 1.807) is 31.6 Å². The molecule has 11 heteroatoms. The summed E-state index contributed by atoms with van der Waals surface area (Å²) in [4.78, 5) is 18.1. The van der Waals surface area contributed by atoms with Crippen LogP contribution in [0.5, 0.6) is 5.75 Å². The van der Waals surface area contributed by atoms with Crippen LogP contribution in [0.3, 0.4) is 0 Å². The molecule has 32 heavy (non-hydrogen) atoms. The van der Waals surface area contributed by atoms with Gasteiger partial charge in [0, 0.05) is 28.9 Å². The lowest BCUT2D eigenvalue weighted by atomic mass is 10.2. The van der Waals surface area contributed by atoms with E-state index in [9.17, 15) is 9.90 Å². The van der Waals surface area contributed by atoms with Crippen molar-refractivity contribution in [2.24, 2.45) is 0 Å². The van der Waals surface area contributed by atoms with Crippen LogP contribution < -0.4 is 15.6 Å². The molecule has 0 amide bonds. The normalized spacial score (nSPS) is 12.0. The molecule has 0 spiro atoms. The number of thiophene rings is 1. The van der Waals surface area contributed by atoms with Gasteiger partial charge in [-0.15, -0.1) is 11.3 Å². The minimum atomic E-state index is -0.708. The molecular formula is C21H19Cl2N5O3S. The summed E-state index contributed by atoms with van der Waals surface area (Å²) >= 11 is 13.5. The average Bonchev–Trinajstić information content (AvgIpc) is 3.40. The molecule has 0 saturated heterocycles. The van der Waals surface area contributed by atoms with Crippen LogP contribution in [0.2, 0.25) is 9.49 Å². The van der Waals surface area contributed by atoms with Gasteiger partial charge in [-0.05, 0) is 31.2 Å². The second kappa shape index (κ2) is 9.33. The zero-order valence-electron chi connectivity index (χ0n) is 17.1. The Labute approximate surface area is 197 Å². The Balaban J connectivity index is 1.70. The topological polar surface area (TPSA) is 94.2 Å². The number of aryl methyl sites for hydroxylation is 1. The van der Waals surface area contributed by atoms with Crippen LogP contribution in [-0.4, -0.2) is 38.2 Å². The van der Waals surface area contributed by atoms with Crippen molar-refractivity contribution < 1.29 is 9.84 Å². The minimum Gasteiger partial charge on any atom is -0.494 e. The van der Waals surface area contributed by atoms with Crippen molar-refractivity contribution in [3.8, 4) is 11.4 Å². The molecule has 0 bridgehead atoms. The zero-order chi connectivity index (χ0) is 22.8. The first-order valence-electron chi connectivity index (χ1n) is 9.51. The number of halogens is 2. The van der Waals surface area contributed by atoms with Gasteiger partial charge >= 0.3 is 0 Å². The molecule has 0 aliphatic rings. The van der Waals surface area contributed by atoms with Crippen LogP contribution in [0, 0.1) is 6.92 Å². The molecule has 0 fully saturated rings. The fourth-order valence-electron chi connectivity index (χ4n) is 3.25. The summed E-state index contributed by atoms with van der Waals surface area (Å²) in [5.41, 5.74) is 2.07. The van der Waals surface area contributed by atoms with Gasteiger partial charge in [0.25, 0.3) is 5.56 Å². The Morgan fingerprint density at radius 2 is 2.06 bits per heavy atom. The van der Waals surface area contributed by atoms with E-state index in [1.807, 2.05) is 29.8 Å². The molecule has 3 aromatic heterocycles.